The molecule has 2 heterocycles. The average molecular weight is 385 g/mol. The lowest BCUT2D eigenvalue weighted by Crippen LogP contribution is -2.17. The molecule has 1 N–H and O–H groups in total. The molecule has 4 aromatic rings. The summed E-state index contributed by atoms with van der Waals surface area (Å²) in [4.78, 5) is 23.9. The van der Waals surface area contributed by atoms with Gasteiger partial charge in [-0.25, -0.2) is 19.2 Å². The summed E-state index contributed by atoms with van der Waals surface area (Å²) < 4.78 is 20.2. The molecule has 27 heavy (non-hydrogen) atoms. The molecule has 6 nitrogen and oxygen atoms in total. The SMILES string of the molecule is COc1ccccc1-c1cnc2[nH]c(=O)n(Cc3ccc(F)c(Cl)c3)c2n1. The van der Waals surface area contributed by atoms with E-state index in [0.717, 1.165) is 5.56 Å². The second-order valence-corrected chi connectivity index (χ2v) is 6.30. The molecular formula is C19H14ClFN4O2. The van der Waals surface area contributed by atoms with Gasteiger partial charge in [0.05, 0.1) is 30.6 Å². The van der Waals surface area contributed by atoms with E-state index in [4.69, 9.17) is 16.3 Å². The summed E-state index contributed by atoms with van der Waals surface area (Å²) in [5, 5.41) is 0.00110. The summed E-state index contributed by atoms with van der Waals surface area (Å²) in [6.45, 7) is 0.183. The number of hydrogen-bond donors (Lipinski definition) is 1. The van der Waals surface area contributed by atoms with Crippen LogP contribution < -0.4 is 10.4 Å². The van der Waals surface area contributed by atoms with Crippen molar-refractivity contribution in [3.63, 3.8) is 0 Å². The highest BCUT2D eigenvalue weighted by atomic mass is 35.5. The summed E-state index contributed by atoms with van der Waals surface area (Å²) in [5.41, 5.74) is 2.41. The summed E-state index contributed by atoms with van der Waals surface area (Å²) in [5.74, 6) is 0.144. The topological polar surface area (TPSA) is 72.8 Å². The van der Waals surface area contributed by atoms with Crippen LogP contribution in [0.3, 0.4) is 0 Å². The zero-order valence-corrected chi connectivity index (χ0v) is 15.0. The van der Waals surface area contributed by atoms with E-state index in [-0.39, 0.29) is 17.3 Å². The zero-order chi connectivity index (χ0) is 19.0. The molecule has 0 radical (unpaired) electrons. The molecule has 0 saturated heterocycles. The molecule has 0 aliphatic carbocycles. The maximum Gasteiger partial charge on any atom is 0.329 e. The molecule has 0 spiro atoms. The molecular weight excluding hydrogens is 371 g/mol. The number of benzene rings is 2. The maximum atomic E-state index is 13.4. The zero-order valence-electron chi connectivity index (χ0n) is 14.2. The first-order valence-electron chi connectivity index (χ1n) is 8.09. The molecule has 0 aliphatic heterocycles. The van der Waals surface area contributed by atoms with Crippen LogP contribution in [0.15, 0.2) is 53.5 Å². The minimum atomic E-state index is -0.509. The maximum absolute atomic E-state index is 13.4. The van der Waals surface area contributed by atoms with Gasteiger partial charge in [0.25, 0.3) is 0 Å². The molecule has 0 aliphatic rings. The van der Waals surface area contributed by atoms with Crippen LogP contribution in [0.25, 0.3) is 22.6 Å². The lowest BCUT2D eigenvalue weighted by atomic mass is 10.1. The molecule has 0 bridgehead atoms. The van der Waals surface area contributed by atoms with E-state index in [1.54, 1.807) is 19.4 Å². The van der Waals surface area contributed by atoms with Crippen molar-refractivity contribution in [3.05, 3.63) is 75.5 Å². The smallest absolute Gasteiger partial charge is 0.329 e. The number of fused-ring (bicyclic) bond motifs is 1. The van der Waals surface area contributed by atoms with E-state index in [2.05, 4.69) is 15.0 Å². The Hall–Kier alpha value is -3.19. The Kier molecular flexibility index (Phi) is 4.37. The number of nitrogens with zero attached hydrogens (tertiary/aromatic N) is 3. The largest absolute Gasteiger partial charge is 0.496 e. The number of para-hydroxylation sites is 1. The Morgan fingerprint density at radius 1 is 1.26 bits per heavy atom. The van der Waals surface area contributed by atoms with Crippen molar-refractivity contribution < 1.29 is 9.13 Å². The predicted molar refractivity (Wildman–Crippen MR) is 101 cm³/mol. The molecule has 0 saturated carbocycles. The minimum absolute atomic E-state index is 0.00110. The quantitative estimate of drug-likeness (QED) is 0.583. The van der Waals surface area contributed by atoms with Crippen molar-refractivity contribution in [2.45, 2.75) is 6.54 Å². The Morgan fingerprint density at radius 2 is 2.07 bits per heavy atom. The number of nitrogens with one attached hydrogen (secondary N) is 1. The first-order valence-corrected chi connectivity index (χ1v) is 8.47. The number of aromatic amines is 1. The van der Waals surface area contributed by atoms with Gasteiger partial charge in [0.15, 0.2) is 11.3 Å². The van der Waals surface area contributed by atoms with Crippen molar-refractivity contribution in [1.29, 1.82) is 0 Å². The van der Waals surface area contributed by atoms with E-state index in [1.165, 1.54) is 16.7 Å². The van der Waals surface area contributed by atoms with Gasteiger partial charge >= 0.3 is 5.69 Å². The van der Waals surface area contributed by atoms with Crippen LogP contribution in [0, 0.1) is 5.82 Å². The van der Waals surface area contributed by atoms with Crippen LogP contribution in [-0.2, 0) is 6.54 Å². The number of hydrogen-bond acceptors (Lipinski definition) is 4. The fraction of sp³-hybridized carbons (Fsp3) is 0.105. The van der Waals surface area contributed by atoms with Crippen molar-refractivity contribution in [1.82, 2.24) is 19.5 Å². The Morgan fingerprint density at radius 3 is 2.85 bits per heavy atom. The Balaban J connectivity index is 1.82. The summed E-state index contributed by atoms with van der Waals surface area (Å²) in [6, 6.07) is 11.7. The Labute approximate surface area is 158 Å². The first kappa shape index (κ1) is 17.2. The van der Waals surface area contributed by atoms with Gasteiger partial charge in [0.1, 0.15) is 11.6 Å². The van der Waals surface area contributed by atoms with Crippen LogP contribution >= 0.6 is 11.6 Å². The molecule has 0 fully saturated rings. The molecule has 0 atom stereocenters. The normalized spacial score (nSPS) is 11.1. The second kappa shape index (κ2) is 6.85. The number of methoxy groups -OCH3 is 1. The number of H-pyrrole nitrogens is 1. The van der Waals surface area contributed by atoms with Gasteiger partial charge in [-0.1, -0.05) is 29.8 Å². The average Bonchev–Trinajstić information content (AvgIpc) is 2.99. The molecule has 4 rings (SSSR count). The predicted octanol–water partition coefficient (Wildman–Crippen LogP) is 3.64. The van der Waals surface area contributed by atoms with Gasteiger partial charge in [-0.2, -0.15) is 0 Å². The van der Waals surface area contributed by atoms with E-state index < -0.39 is 5.82 Å². The van der Waals surface area contributed by atoms with E-state index >= 15 is 0 Å². The number of halogens is 2. The van der Waals surface area contributed by atoms with Crippen LogP contribution in [0.4, 0.5) is 4.39 Å². The van der Waals surface area contributed by atoms with Gasteiger partial charge in [0.2, 0.25) is 0 Å². The minimum Gasteiger partial charge on any atom is -0.496 e. The molecule has 136 valence electrons. The van der Waals surface area contributed by atoms with Crippen molar-refractivity contribution in [2.75, 3.05) is 7.11 Å². The van der Waals surface area contributed by atoms with Crippen LogP contribution in [0.1, 0.15) is 5.56 Å². The van der Waals surface area contributed by atoms with Crippen LogP contribution in [0.2, 0.25) is 5.02 Å². The van der Waals surface area contributed by atoms with Crippen LogP contribution in [0.5, 0.6) is 5.75 Å². The van der Waals surface area contributed by atoms with E-state index in [9.17, 15) is 9.18 Å². The highest BCUT2D eigenvalue weighted by Crippen LogP contribution is 2.28. The number of rotatable bonds is 4. The van der Waals surface area contributed by atoms with Gasteiger partial charge in [0, 0.05) is 5.56 Å². The lowest BCUT2D eigenvalue weighted by molar-refractivity contribution is 0.416. The number of imidazole rings is 1. The molecule has 0 unspecified atom stereocenters. The highest BCUT2D eigenvalue weighted by molar-refractivity contribution is 6.30. The fourth-order valence-electron chi connectivity index (χ4n) is 2.87. The summed E-state index contributed by atoms with van der Waals surface area (Å²) in [6.07, 6.45) is 1.58. The molecule has 2 aromatic carbocycles. The van der Waals surface area contributed by atoms with E-state index in [0.29, 0.717) is 28.3 Å². The fourth-order valence-corrected chi connectivity index (χ4v) is 3.08. The standard InChI is InChI=1S/C19H14ClFN4O2/c1-27-16-5-3-2-4-12(16)15-9-22-17-18(23-15)25(19(26)24-17)10-11-6-7-14(21)13(20)8-11/h2-9H,10H2,1H3,(H,22,24,26). The van der Waals surface area contributed by atoms with Crippen molar-refractivity contribution in [2.24, 2.45) is 0 Å². The molecule has 0 amide bonds. The Bertz CT molecular complexity index is 1200. The third-order valence-electron chi connectivity index (χ3n) is 4.19. The van der Waals surface area contributed by atoms with Crippen molar-refractivity contribution in [3.8, 4) is 17.0 Å². The monoisotopic (exact) mass is 384 g/mol. The summed E-state index contributed by atoms with van der Waals surface area (Å²) >= 11 is 5.84. The first-order chi connectivity index (χ1) is 13.1. The van der Waals surface area contributed by atoms with E-state index in [1.807, 2.05) is 24.3 Å². The van der Waals surface area contributed by atoms with Crippen molar-refractivity contribution >= 4 is 22.9 Å². The summed E-state index contributed by atoms with van der Waals surface area (Å²) in [7, 11) is 1.58. The lowest BCUT2D eigenvalue weighted by Gasteiger charge is -2.08. The van der Waals surface area contributed by atoms with Gasteiger partial charge in [-0.15, -0.1) is 0 Å². The second-order valence-electron chi connectivity index (χ2n) is 5.89. The highest BCUT2D eigenvalue weighted by Gasteiger charge is 2.14. The van der Waals surface area contributed by atoms with Gasteiger partial charge < -0.3 is 4.74 Å². The molecule has 2 aromatic heterocycles. The third-order valence-corrected chi connectivity index (χ3v) is 4.48. The van der Waals surface area contributed by atoms with Crippen LogP contribution in [-0.4, -0.2) is 26.6 Å². The van der Waals surface area contributed by atoms with Gasteiger partial charge in [-0.05, 0) is 29.8 Å². The van der Waals surface area contributed by atoms with Gasteiger partial charge in [-0.3, -0.25) is 9.55 Å². The number of ether oxygens (including phenoxy) is 1. The third kappa shape index (κ3) is 3.17. The molecule has 8 heteroatoms. The number of aromatic nitrogens is 4.